The van der Waals surface area contributed by atoms with Crippen LogP contribution in [0, 0.1) is 11.8 Å². The van der Waals surface area contributed by atoms with Gasteiger partial charge in [-0.2, -0.15) is 0 Å². The summed E-state index contributed by atoms with van der Waals surface area (Å²) in [4.78, 5) is 12.0. The summed E-state index contributed by atoms with van der Waals surface area (Å²) in [5, 5.41) is 10.5. The summed E-state index contributed by atoms with van der Waals surface area (Å²) in [5.74, 6) is 0.525. The molecule has 110 valence electrons. The number of hydrogen-bond donors (Lipinski definition) is 1. The van der Waals surface area contributed by atoms with E-state index in [1.54, 1.807) is 23.2 Å². The van der Waals surface area contributed by atoms with Crippen molar-refractivity contribution in [1.82, 2.24) is 9.13 Å². The van der Waals surface area contributed by atoms with Gasteiger partial charge < -0.3 is 5.11 Å². The van der Waals surface area contributed by atoms with Crippen molar-refractivity contribution in [2.75, 3.05) is 0 Å². The van der Waals surface area contributed by atoms with Crippen LogP contribution in [-0.4, -0.2) is 14.2 Å². The fourth-order valence-electron chi connectivity index (χ4n) is 2.41. The van der Waals surface area contributed by atoms with Gasteiger partial charge in [0.2, 0.25) is 0 Å². The van der Waals surface area contributed by atoms with Crippen LogP contribution in [0.1, 0.15) is 32.4 Å². The molecule has 1 heterocycles. The Hall–Kier alpha value is -1.07. The van der Waals surface area contributed by atoms with E-state index in [4.69, 9.17) is 0 Å². The lowest BCUT2D eigenvalue weighted by Gasteiger charge is -2.23. The van der Waals surface area contributed by atoms with E-state index in [1.807, 2.05) is 19.1 Å². The van der Waals surface area contributed by atoms with Gasteiger partial charge in [-0.25, -0.2) is 4.79 Å². The molecule has 0 bridgehead atoms. The van der Waals surface area contributed by atoms with Crippen LogP contribution in [0.3, 0.4) is 0 Å². The molecule has 0 fully saturated rings. The van der Waals surface area contributed by atoms with Crippen LogP contribution in [-0.2, 0) is 14.1 Å². The Morgan fingerprint density at radius 2 is 1.60 bits per heavy atom. The second-order valence-corrected chi connectivity index (χ2v) is 6.67. The maximum Gasteiger partial charge on any atom is 0.328 e. The summed E-state index contributed by atoms with van der Waals surface area (Å²) in [5.41, 5.74) is 2.47. The van der Waals surface area contributed by atoms with Crippen molar-refractivity contribution in [2.24, 2.45) is 25.9 Å². The van der Waals surface area contributed by atoms with Crippen LogP contribution in [0.25, 0.3) is 11.0 Å². The first-order valence-electron chi connectivity index (χ1n) is 6.78. The molecule has 20 heavy (non-hydrogen) atoms. The van der Waals surface area contributed by atoms with E-state index in [0.29, 0.717) is 5.92 Å². The molecule has 0 spiro atoms. The monoisotopic (exact) mass is 340 g/mol. The lowest BCUT2D eigenvalue weighted by molar-refractivity contribution is 0.0916. The van der Waals surface area contributed by atoms with Gasteiger partial charge in [0.25, 0.3) is 0 Å². The molecule has 2 atom stereocenters. The summed E-state index contributed by atoms with van der Waals surface area (Å²) < 4.78 is 4.06. The van der Waals surface area contributed by atoms with Crippen molar-refractivity contribution in [2.45, 2.75) is 26.9 Å². The van der Waals surface area contributed by atoms with E-state index < -0.39 is 6.10 Å². The second kappa shape index (κ2) is 5.37. The highest BCUT2D eigenvalue weighted by Gasteiger charge is 2.23. The Morgan fingerprint density at radius 1 is 1.10 bits per heavy atom. The zero-order chi connectivity index (χ0) is 15.2. The van der Waals surface area contributed by atoms with Crippen molar-refractivity contribution in [3.8, 4) is 0 Å². The standard InChI is InChI=1S/C15H21BrN2O2/c1-8(2)9(3)14(19)10-6-12-13(7-11(10)16)18(5)15(20)17(12)4/h6-9,14,19H,1-5H3. The number of halogens is 1. The third-order valence-corrected chi connectivity index (χ3v) is 4.95. The largest absolute Gasteiger partial charge is 0.388 e. The normalized spacial score (nSPS) is 15.0. The molecule has 2 unspecified atom stereocenters. The van der Waals surface area contributed by atoms with Crippen molar-refractivity contribution >= 4 is 27.0 Å². The molecule has 1 aromatic carbocycles. The molecule has 1 N–H and O–H groups in total. The van der Waals surface area contributed by atoms with Gasteiger partial charge in [0.1, 0.15) is 0 Å². The first-order chi connectivity index (χ1) is 9.25. The number of fused-ring (bicyclic) bond motifs is 1. The molecule has 4 nitrogen and oxygen atoms in total. The van der Waals surface area contributed by atoms with E-state index in [0.717, 1.165) is 21.1 Å². The Bertz CT molecular complexity index is 700. The summed E-state index contributed by atoms with van der Waals surface area (Å²) >= 11 is 3.52. The summed E-state index contributed by atoms with van der Waals surface area (Å²) in [7, 11) is 3.50. The van der Waals surface area contributed by atoms with E-state index in [-0.39, 0.29) is 11.6 Å². The number of aliphatic hydroxyl groups is 1. The summed E-state index contributed by atoms with van der Waals surface area (Å²) in [6.07, 6.45) is -0.552. The van der Waals surface area contributed by atoms with Crippen molar-refractivity contribution < 1.29 is 5.11 Å². The lowest BCUT2D eigenvalue weighted by atomic mass is 9.88. The number of aromatic nitrogens is 2. The number of nitrogens with zero attached hydrogens (tertiary/aromatic N) is 2. The van der Waals surface area contributed by atoms with E-state index in [9.17, 15) is 9.90 Å². The van der Waals surface area contributed by atoms with Gasteiger partial charge in [-0.1, -0.05) is 36.7 Å². The van der Waals surface area contributed by atoms with Crippen LogP contribution in [0.4, 0.5) is 0 Å². The average molecular weight is 341 g/mol. The number of benzene rings is 1. The first kappa shape index (κ1) is 15.3. The highest BCUT2D eigenvalue weighted by molar-refractivity contribution is 9.10. The second-order valence-electron chi connectivity index (χ2n) is 5.81. The minimum Gasteiger partial charge on any atom is -0.388 e. The minimum absolute atomic E-state index is 0.0598. The van der Waals surface area contributed by atoms with Gasteiger partial charge in [-0.05, 0) is 29.5 Å². The number of rotatable bonds is 3. The molecule has 2 rings (SSSR count). The van der Waals surface area contributed by atoms with Crippen LogP contribution < -0.4 is 5.69 Å². The van der Waals surface area contributed by atoms with Gasteiger partial charge >= 0.3 is 5.69 Å². The van der Waals surface area contributed by atoms with Crippen molar-refractivity contribution in [3.05, 3.63) is 32.7 Å². The maximum absolute atomic E-state index is 12.0. The quantitative estimate of drug-likeness (QED) is 0.933. The van der Waals surface area contributed by atoms with Crippen LogP contribution in [0.15, 0.2) is 21.4 Å². The van der Waals surface area contributed by atoms with Gasteiger partial charge in [-0.15, -0.1) is 0 Å². The van der Waals surface area contributed by atoms with E-state index in [2.05, 4.69) is 29.8 Å². The molecule has 0 amide bonds. The maximum atomic E-state index is 12.0. The molecule has 2 aromatic rings. The third kappa shape index (κ3) is 2.33. The first-order valence-corrected chi connectivity index (χ1v) is 7.58. The molecule has 0 saturated heterocycles. The Kier molecular flexibility index (Phi) is 4.12. The zero-order valence-electron chi connectivity index (χ0n) is 12.5. The predicted molar refractivity (Wildman–Crippen MR) is 84.8 cm³/mol. The van der Waals surface area contributed by atoms with Gasteiger partial charge in [0.05, 0.1) is 17.1 Å². The smallest absolute Gasteiger partial charge is 0.328 e. The molecule has 0 radical (unpaired) electrons. The summed E-state index contributed by atoms with van der Waals surface area (Å²) in [6.45, 7) is 6.23. The summed E-state index contributed by atoms with van der Waals surface area (Å²) in [6, 6.07) is 3.81. The zero-order valence-corrected chi connectivity index (χ0v) is 14.1. The van der Waals surface area contributed by atoms with Crippen molar-refractivity contribution in [1.29, 1.82) is 0 Å². The Morgan fingerprint density at radius 3 is 2.10 bits per heavy atom. The number of imidazole rings is 1. The molecule has 5 heteroatoms. The molecular formula is C15H21BrN2O2. The average Bonchev–Trinajstić information content (AvgIpc) is 2.61. The SMILES string of the molecule is CC(C)C(C)C(O)c1cc2c(cc1Br)n(C)c(=O)n2C. The van der Waals surface area contributed by atoms with Crippen LogP contribution in [0.2, 0.25) is 0 Å². The predicted octanol–water partition coefficient (Wildman–Crippen LogP) is 2.97. The minimum atomic E-state index is -0.552. The van der Waals surface area contributed by atoms with Gasteiger partial charge in [-0.3, -0.25) is 9.13 Å². The molecule has 0 aliphatic heterocycles. The fraction of sp³-hybridized carbons (Fsp3) is 0.533. The highest BCUT2D eigenvalue weighted by Crippen LogP contribution is 2.34. The number of aryl methyl sites for hydroxylation is 2. The van der Waals surface area contributed by atoms with Crippen LogP contribution >= 0.6 is 15.9 Å². The molecule has 0 aliphatic rings. The molecular weight excluding hydrogens is 320 g/mol. The van der Waals surface area contributed by atoms with Crippen molar-refractivity contribution in [3.63, 3.8) is 0 Å². The number of aliphatic hydroxyl groups excluding tert-OH is 1. The number of hydrogen-bond acceptors (Lipinski definition) is 2. The Labute approximate surface area is 127 Å². The molecule has 1 aromatic heterocycles. The topological polar surface area (TPSA) is 47.2 Å². The van der Waals surface area contributed by atoms with E-state index in [1.165, 1.54) is 0 Å². The van der Waals surface area contributed by atoms with E-state index >= 15 is 0 Å². The highest BCUT2D eigenvalue weighted by atomic mass is 79.9. The molecule has 0 saturated carbocycles. The van der Waals surface area contributed by atoms with Gasteiger partial charge in [0.15, 0.2) is 0 Å². The van der Waals surface area contributed by atoms with Crippen LogP contribution in [0.5, 0.6) is 0 Å². The van der Waals surface area contributed by atoms with Gasteiger partial charge in [0, 0.05) is 18.6 Å². The fourth-order valence-corrected chi connectivity index (χ4v) is 2.98. The lowest BCUT2D eigenvalue weighted by Crippen LogP contribution is -2.19. The third-order valence-electron chi connectivity index (χ3n) is 4.26. The Balaban J connectivity index is 2.64. The molecule has 0 aliphatic carbocycles.